The Bertz CT molecular complexity index is 741. The van der Waals surface area contributed by atoms with E-state index < -0.39 is 0 Å². The molecule has 0 aromatic heterocycles. The first-order valence-electron chi connectivity index (χ1n) is 8.50. The van der Waals surface area contributed by atoms with Gasteiger partial charge < -0.3 is 9.47 Å². The van der Waals surface area contributed by atoms with E-state index in [9.17, 15) is 9.59 Å². The third kappa shape index (κ3) is 4.19. The van der Waals surface area contributed by atoms with E-state index in [1.54, 1.807) is 43.1 Å². The molecule has 0 saturated carbocycles. The molecular weight excluding hydrogens is 350 g/mol. The summed E-state index contributed by atoms with van der Waals surface area (Å²) in [5, 5.41) is 0. The maximum Gasteiger partial charge on any atom is 0.261 e. The van der Waals surface area contributed by atoms with E-state index in [0.29, 0.717) is 24.3 Å². The molecule has 0 atom stereocenters. The lowest BCUT2D eigenvalue weighted by molar-refractivity contribution is 0.0664. The van der Waals surface area contributed by atoms with Crippen molar-refractivity contribution in [1.29, 1.82) is 0 Å². The number of benzene rings is 2. The highest BCUT2D eigenvalue weighted by Gasteiger charge is 2.34. The normalized spacial score (nSPS) is 13.0. The van der Waals surface area contributed by atoms with Gasteiger partial charge in [-0.2, -0.15) is 11.8 Å². The molecule has 1 aliphatic heterocycles. The Morgan fingerprint density at radius 1 is 0.885 bits per heavy atom. The Morgan fingerprint density at radius 2 is 1.50 bits per heavy atom. The SMILES string of the molecule is COc1ccc(OCCCSCCN2C(=O)c3ccccc3C2=O)cc1. The van der Waals surface area contributed by atoms with Gasteiger partial charge in [-0.3, -0.25) is 14.5 Å². The van der Waals surface area contributed by atoms with E-state index in [1.807, 2.05) is 24.3 Å². The maximum absolute atomic E-state index is 12.2. The van der Waals surface area contributed by atoms with Gasteiger partial charge in [-0.1, -0.05) is 12.1 Å². The molecule has 0 aliphatic carbocycles. The quantitative estimate of drug-likeness (QED) is 0.499. The molecule has 136 valence electrons. The van der Waals surface area contributed by atoms with Gasteiger partial charge in [0.1, 0.15) is 11.5 Å². The number of ether oxygens (including phenoxy) is 2. The fourth-order valence-corrected chi connectivity index (χ4v) is 3.56. The molecule has 0 saturated heterocycles. The molecule has 26 heavy (non-hydrogen) atoms. The second-order valence-electron chi connectivity index (χ2n) is 5.80. The van der Waals surface area contributed by atoms with Crippen LogP contribution in [0.3, 0.4) is 0 Å². The minimum absolute atomic E-state index is 0.186. The predicted octanol–water partition coefficient (Wildman–Crippen LogP) is 3.49. The van der Waals surface area contributed by atoms with Gasteiger partial charge in [0, 0.05) is 12.3 Å². The molecule has 5 nitrogen and oxygen atoms in total. The lowest BCUT2D eigenvalue weighted by Crippen LogP contribution is -2.31. The van der Waals surface area contributed by atoms with Crippen LogP contribution < -0.4 is 9.47 Å². The zero-order chi connectivity index (χ0) is 18.4. The number of imide groups is 1. The summed E-state index contributed by atoms with van der Waals surface area (Å²) in [6.07, 6.45) is 0.902. The number of carbonyl (C=O) groups is 2. The number of rotatable bonds is 9. The van der Waals surface area contributed by atoms with E-state index in [1.165, 1.54) is 4.90 Å². The Labute approximate surface area is 157 Å². The first-order valence-corrected chi connectivity index (χ1v) is 9.66. The Hall–Kier alpha value is -2.47. The van der Waals surface area contributed by atoms with Crippen LogP contribution in [0.25, 0.3) is 0 Å². The molecule has 0 radical (unpaired) electrons. The van der Waals surface area contributed by atoms with Crippen LogP contribution in [-0.4, -0.2) is 48.5 Å². The number of methoxy groups -OCH3 is 1. The van der Waals surface area contributed by atoms with Gasteiger partial charge in [0.05, 0.1) is 24.8 Å². The summed E-state index contributed by atoms with van der Waals surface area (Å²) in [7, 11) is 1.63. The van der Waals surface area contributed by atoms with Crippen molar-refractivity contribution < 1.29 is 19.1 Å². The molecular formula is C20H21NO4S. The summed E-state index contributed by atoms with van der Waals surface area (Å²) in [5.74, 6) is 2.90. The van der Waals surface area contributed by atoms with Crippen molar-refractivity contribution in [3.05, 3.63) is 59.7 Å². The molecule has 3 rings (SSSR count). The van der Waals surface area contributed by atoms with Crippen molar-refractivity contribution in [1.82, 2.24) is 4.90 Å². The topological polar surface area (TPSA) is 55.8 Å². The van der Waals surface area contributed by atoms with Crippen molar-refractivity contribution in [3.8, 4) is 11.5 Å². The Morgan fingerprint density at radius 3 is 2.12 bits per heavy atom. The van der Waals surface area contributed by atoms with Gasteiger partial charge in [0.25, 0.3) is 11.8 Å². The highest BCUT2D eigenvalue weighted by molar-refractivity contribution is 7.99. The zero-order valence-corrected chi connectivity index (χ0v) is 15.5. The van der Waals surface area contributed by atoms with Gasteiger partial charge in [-0.15, -0.1) is 0 Å². The van der Waals surface area contributed by atoms with Gasteiger partial charge in [0.2, 0.25) is 0 Å². The summed E-state index contributed by atoms with van der Waals surface area (Å²) in [4.78, 5) is 25.8. The van der Waals surface area contributed by atoms with E-state index in [0.717, 1.165) is 29.4 Å². The lowest BCUT2D eigenvalue weighted by Gasteiger charge is -2.13. The molecule has 0 N–H and O–H groups in total. The van der Waals surface area contributed by atoms with Crippen LogP contribution in [0.2, 0.25) is 0 Å². The molecule has 2 amide bonds. The van der Waals surface area contributed by atoms with Crippen molar-refractivity contribution in [2.75, 3.05) is 31.8 Å². The summed E-state index contributed by atoms with van der Waals surface area (Å²) in [6, 6.07) is 14.5. The van der Waals surface area contributed by atoms with Crippen molar-refractivity contribution >= 4 is 23.6 Å². The Balaban J connectivity index is 1.32. The van der Waals surface area contributed by atoms with E-state index in [4.69, 9.17) is 9.47 Å². The monoisotopic (exact) mass is 371 g/mol. The minimum atomic E-state index is -0.186. The summed E-state index contributed by atoms with van der Waals surface area (Å²) in [5.41, 5.74) is 1.02. The zero-order valence-electron chi connectivity index (χ0n) is 14.6. The van der Waals surface area contributed by atoms with Gasteiger partial charge in [-0.25, -0.2) is 0 Å². The number of carbonyl (C=O) groups excluding carboxylic acids is 2. The van der Waals surface area contributed by atoms with Crippen LogP contribution in [0.1, 0.15) is 27.1 Å². The van der Waals surface area contributed by atoms with E-state index >= 15 is 0 Å². The van der Waals surface area contributed by atoms with Crippen LogP contribution in [0, 0.1) is 0 Å². The van der Waals surface area contributed by atoms with Crippen LogP contribution in [-0.2, 0) is 0 Å². The summed E-state index contributed by atoms with van der Waals surface area (Å²) in [6.45, 7) is 1.07. The molecule has 0 unspecified atom stereocenters. The van der Waals surface area contributed by atoms with Gasteiger partial charge in [0.15, 0.2) is 0 Å². The third-order valence-electron chi connectivity index (χ3n) is 4.10. The first kappa shape index (κ1) is 18.3. The third-order valence-corrected chi connectivity index (χ3v) is 5.15. The van der Waals surface area contributed by atoms with Gasteiger partial charge >= 0.3 is 0 Å². The lowest BCUT2D eigenvalue weighted by atomic mass is 10.1. The first-order chi connectivity index (χ1) is 12.7. The molecule has 2 aromatic carbocycles. The molecule has 0 bridgehead atoms. The average molecular weight is 371 g/mol. The van der Waals surface area contributed by atoms with Crippen LogP contribution in [0.15, 0.2) is 48.5 Å². The van der Waals surface area contributed by atoms with Crippen molar-refractivity contribution in [2.45, 2.75) is 6.42 Å². The molecule has 6 heteroatoms. The highest BCUT2D eigenvalue weighted by Crippen LogP contribution is 2.22. The van der Waals surface area contributed by atoms with Gasteiger partial charge in [-0.05, 0) is 48.6 Å². The number of hydrogen-bond donors (Lipinski definition) is 0. The van der Waals surface area contributed by atoms with Crippen molar-refractivity contribution in [2.24, 2.45) is 0 Å². The molecule has 1 heterocycles. The number of fused-ring (bicyclic) bond motifs is 1. The Kier molecular flexibility index (Phi) is 6.17. The number of thioether (sulfide) groups is 1. The number of hydrogen-bond acceptors (Lipinski definition) is 5. The van der Waals surface area contributed by atoms with Crippen molar-refractivity contribution in [3.63, 3.8) is 0 Å². The second kappa shape index (κ2) is 8.76. The molecule has 2 aromatic rings. The van der Waals surface area contributed by atoms with E-state index in [2.05, 4.69) is 0 Å². The molecule has 0 fully saturated rings. The largest absolute Gasteiger partial charge is 0.497 e. The average Bonchev–Trinajstić information content (AvgIpc) is 2.92. The molecule has 1 aliphatic rings. The smallest absolute Gasteiger partial charge is 0.261 e. The second-order valence-corrected chi connectivity index (χ2v) is 7.02. The minimum Gasteiger partial charge on any atom is -0.497 e. The van der Waals surface area contributed by atoms with Crippen LogP contribution in [0.4, 0.5) is 0 Å². The fraction of sp³-hybridized carbons (Fsp3) is 0.300. The maximum atomic E-state index is 12.2. The fourth-order valence-electron chi connectivity index (χ4n) is 2.72. The predicted molar refractivity (Wildman–Crippen MR) is 102 cm³/mol. The van der Waals surface area contributed by atoms with Crippen LogP contribution >= 0.6 is 11.8 Å². The van der Waals surface area contributed by atoms with Crippen LogP contribution in [0.5, 0.6) is 11.5 Å². The standard InChI is InChI=1S/C20H21NO4S/c1-24-15-7-9-16(10-8-15)25-12-4-13-26-14-11-21-19(22)17-5-2-3-6-18(17)20(21)23/h2-3,5-10H,4,11-14H2,1H3. The molecule has 0 spiro atoms. The number of nitrogens with zero attached hydrogens (tertiary/aromatic N) is 1. The summed E-state index contributed by atoms with van der Waals surface area (Å²) >= 11 is 1.72. The summed E-state index contributed by atoms with van der Waals surface area (Å²) < 4.78 is 10.8. The number of amides is 2. The highest BCUT2D eigenvalue weighted by atomic mass is 32.2. The van der Waals surface area contributed by atoms with E-state index in [-0.39, 0.29) is 11.8 Å².